The molecule has 26 heavy (non-hydrogen) atoms. The lowest BCUT2D eigenvalue weighted by molar-refractivity contribution is 0.0703. The van der Waals surface area contributed by atoms with Crippen molar-refractivity contribution in [3.8, 4) is 0 Å². The van der Waals surface area contributed by atoms with E-state index in [9.17, 15) is 4.79 Å². The van der Waals surface area contributed by atoms with Gasteiger partial charge in [0.05, 0.1) is 11.0 Å². The van der Waals surface area contributed by atoms with Crippen molar-refractivity contribution in [2.24, 2.45) is 0 Å². The Bertz CT molecular complexity index is 939. The van der Waals surface area contributed by atoms with Crippen molar-refractivity contribution in [2.75, 3.05) is 13.1 Å². The molecule has 1 fully saturated rings. The predicted octanol–water partition coefficient (Wildman–Crippen LogP) is 3.67. The Labute approximate surface area is 153 Å². The predicted molar refractivity (Wildman–Crippen MR) is 101 cm³/mol. The Morgan fingerprint density at radius 2 is 2.19 bits per heavy atom. The van der Waals surface area contributed by atoms with Gasteiger partial charge in [0.1, 0.15) is 11.6 Å². The molecule has 6 heteroatoms. The number of hydrogen-bond acceptors (Lipinski definition) is 3. The molecule has 0 spiro atoms. The van der Waals surface area contributed by atoms with Crippen molar-refractivity contribution in [3.63, 3.8) is 0 Å². The van der Waals surface area contributed by atoms with E-state index in [1.54, 1.807) is 0 Å². The number of amides is 1. The minimum absolute atomic E-state index is 0.0894. The maximum Gasteiger partial charge on any atom is 0.253 e. The average molecular weight is 351 g/mol. The second-order valence-electron chi connectivity index (χ2n) is 7.43. The molecule has 1 saturated heterocycles. The van der Waals surface area contributed by atoms with Crippen LogP contribution in [0.15, 0.2) is 30.6 Å². The Balaban J connectivity index is 1.56. The van der Waals surface area contributed by atoms with Crippen LogP contribution in [-0.2, 0) is 0 Å². The van der Waals surface area contributed by atoms with E-state index in [1.807, 2.05) is 42.4 Å². The van der Waals surface area contributed by atoms with Crippen LogP contribution in [0, 0.1) is 6.92 Å². The number of likely N-dealkylation sites (tertiary alicyclic amines) is 1. The maximum absolute atomic E-state index is 13.0. The number of rotatable bonds is 3. The molecule has 1 aromatic carbocycles. The summed E-state index contributed by atoms with van der Waals surface area (Å²) < 4.78 is 2.22. The lowest BCUT2D eigenvalue weighted by Gasteiger charge is -2.33. The lowest BCUT2D eigenvalue weighted by atomic mass is 9.96. The van der Waals surface area contributed by atoms with Gasteiger partial charge < -0.3 is 14.5 Å². The molecule has 3 aromatic rings. The van der Waals surface area contributed by atoms with Crippen LogP contribution >= 0.6 is 0 Å². The number of hydrogen-bond donors (Lipinski definition) is 1. The zero-order chi connectivity index (χ0) is 18.3. The fourth-order valence-electron chi connectivity index (χ4n) is 3.90. The molecular formula is C20H25N5O. The molecule has 1 aliphatic rings. The van der Waals surface area contributed by atoms with Crippen LogP contribution in [0.2, 0.25) is 0 Å². The number of nitrogens with zero attached hydrogens (tertiary/aromatic N) is 4. The standard InChI is InChI=1S/C20H25N5O/c1-13(2)25-10-8-21-19(25)16-5-4-9-24(12-16)20(26)15-6-7-17-18(11-15)23-14(3)22-17/h6-8,10-11,13,16H,4-5,9,12H2,1-3H3,(H,22,23)/t16-/m0/s1. The van der Waals surface area contributed by atoms with Crippen LogP contribution in [0.1, 0.15) is 60.7 Å². The topological polar surface area (TPSA) is 66.8 Å². The molecule has 0 bridgehead atoms. The summed E-state index contributed by atoms with van der Waals surface area (Å²) in [5.41, 5.74) is 2.53. The summed E-state index contributed by atoms with van der Waals surface area (Å²) in [6.45, 7) is 7.78. The molecule has 136 valence electrons. The van der Waals surface area contributed by atoms with E-state index in [-0.39, 0.29) is 5.91 Å². The average Bonchev–Trinajstić information content (AvgIpc) is 3.26. The summed E-state index contributed by atoms with van der Waals surface area (Å²) in [7, 11) is 0. The van der Waals surface area contributed by atoms with Crippen LogP contribution in [0.4, 0.5) is 0 Å². The van der Waals surface area contributed by atoms with Gasteiger partial charge in [-0.2, -0.15) is 0 Å². The first-order valence-electron chi connectivity index (χ1n) is 9.31. The Morgan fingerprint density at radius 1 is 1.35 bits per heavy atom. The number of H-pyrrole nitrogens is 1. The molecule has 1 atom stereocenters. The second kappa shape index (κ2) is 6.59. The first-order valence-corrected chi connectivity index (χ1v) is 9.31. The van der Waals surface area contributed by atoms with Gasteiger partial charge in [0, 0.05) is 43.0 Å². The molecule has 3 heterocycles. The number of nitrogens with one attached hydrogen (secondary N) is 1. The van der Waals surface area contributed by atoms with E-state index in [0.29, 0.717) is 17.5 Å². The highest BCUT2D eigenvalue weighted by atomic mass is 16.2. The smallest absolute Gasteiger partial charge is 0.253 e. The number of fused-ring (bicyclic) bond motifs is 1. The highest BCUT2D eigenvalue weighted by Crippen LogP contribution is 2.28. The van der Waals surface area contributed by atoms with E-state index in [1.165, 1.54) is 0 Å². The molecule has 2 aromatic heterocycles. The van der Waals surface area contributed by atoms with Crippen molar-refractivity contribution >= 4 is 16.9 Å². The number of aromatic nitrogens is 4. The van der Waals surface area contributed by atoms with E-state index in [4.69, 9.17) is 0 Å². The highest BCUT2D eigenvalue weighted by molar-refractivity contribution is 5.97. The molecule has 1 amide bonds. The summed E-state index contributed by atoms with van der Waals surface area (Å²) in [5, 5.41) is 0. The molecular weight excluding hydrogens is 326 g/mol. The molecule has 0 aliphatic carbocycles. The minimum Gasteiger partial charge on any atom is -0.342 e. The maximum atomic E-state index is 13.0. The van der Waals surface area contributed by atoms with E-state index >= 15 is 0 Å². The van der Waals surface area contributed by atoms with Crippen molar-refractivity contribution in [1.29, 1.82) is 0 Å². The van der Waals surface area contributed by atoms with Gasteiger partial charge >= 0.3 is 0 Å². The molecule has 6 nitrogen and oxygen atoms in total. The molecule has 1 N–H and O–H groups in total. The third-order valence-corrected chi connectivity index (χ3v) is 5.18. The summed E-state index contributed by atoms with van der Waals surface area (Å²) in [5.74, 6) is 2.34. The van der Waals surface area contributed by atoms with Crippen LogP contribution in [-0.4, -0.2) is 43.4 Å². The van der Waals surface area contributed by atoms with Crippen molar-refractivity contribution in [1.82, 2.24) is 24.4 Å². The third kappa shape index (κ3) is 3.00. The summed E-state index contributed by atoms with van der Waals surface area (Å²) in [4.78, 5) is 27.2. The highest BCUT2D eigenvalue weighted by Gasteiger charge is 2.28. The fraction of sp³-hybridized carbons (Fsp3) is 0.450. The molecule has 0 radical (unpaired) electrons. The molecule has 4 rings (SSSR count). The second-order valence-corrected chi connectivity index (χ2v) is 7.43. The largest absolute Gasteiger partial charge is 0.342 e. The Kier molecular flexibility index (Phi) is 4.26. The van der Waals surface area contributed by atoms with Gasteiger partial charge in [-0.25, -0.2) is 9.97 Å². The van der Waals surface area contributed by atoms with Gasteiger partial charge in [-0.15, -0.1) is 0 Å². The minimum atomic E-state index is 0.0894. The van der Waals surface area contributed by atoms with Crippen LogP contribution < -0.4 is 0 Å². The van der Waals surface area contributed by atoms with Gasteiger partial charge in [0.25, 0.3) is 5.91 Å². The van der Waals surface area contributed by atoms with Gasteiger partial charge in [0.2, 0.25) is 0 Å². The fourth-order valence-corrected chi connectivity index (χ4v) is 3.90. The SMILES string of the molecule is Cc1nc2ccc(C(=O)N3CCC[C@H](c4nccn4C(C)C)C3)cc2[nH]1. The Morgan fingerprint density at radius 3 is 3.00 bits per heavy atom. The Hall–Kier alpha value is -2.63. The van der Waals surface area contributed by atoms with E-state index < -0.39 is 0 Å². The van der Waals surface area contributed by atoms with Crippen molar-refractivity contribution in [2.45, 2.75) is 45.6 Å². The number of aromatic amines is 1. The first kappa shape index (κ1) is 16.8. The molecule has 0 saturated carbocycles. The summed E-state index contributed by atoms with van der Waals surface area (Å²) in [6.07, 6.45) is 5.99. The van der Waals surface area contributed by atoms with Gasteiger partial charge in [-0.3, -0.25) is 4.79 Å². The quantitative estimate of drug-likeness (QED) is 0.783. The lowest BCUT2D eigenvalue weighted by Crippen LogP contribution is -2.39. The zero-order valence-electron chi connectivity index (χ0n) is 15.6. The zero-order valence-corrected chi connectivity index (χ0v) is 15.6. The summed E-state index contributed by atoms with van der Waals surface area (Å²) >= 11 is 0. The number of imidazole rings is 2. The number of carbonyl (C=O) groups excluding carboxylic acids is 1. The van der Waals surface area contributed by atoms with E-state index in [2.05, 4.69) is 33.4 Å². The number of carbonyl (C=O) groups is 1. The summed E-state index contributed by atoms with van der Waals surface area (Å²) in [6, 6.07) is 6.09. The monoisotopic (exact) mass is 351 g/mol. The molecule has 0 unspecified atom stereocenters. The van der Waals surface area contributed by atoms with E-state index in [0.717, 1.165) is 48.6 Å². The number of aryl methyl sites for hydroxylation is 1. The van der Waals surface area contributed by atoms with Gasteiger partial charge in [-0.1, -0.05) is 0 Å². The van der Waals surface area contributed by atoms with Crippen LogP contribution in [0.25, 0.3) is 11.0 Å². The normalized spacial score (nSPS) is 18.0. The number of benzene rings is 1. The third-order valence-electron chi connectivity index (χ3n) is 5.18. The van der Waals surface area contributed by atoms with Crippen LogP contribution in [0.5, 0.6) is 0 Å². The van der Waals surface area contributed by atoms with Gasteiger partial charge in [0.15, 0.2) is 0 Å². The molecule has 1 aliphatic heterocycles. The number of piperidine rings is 1. The van der Waals surface area contributed by atoms with Crippen molar-refractivity contribution < 1.29 is 4.79 Å². The first-order chi connectivity index (χ1) is 12.5. The van der Waals surface area contributed by atoms with Gasteiger partial charge in [-0.05, 0) is 51.8 Å². The van der Waals surface area contributed by atoms with Crippen molar-refractivity contribution in [3.05, 3.63) is 47.8 Å². The van der Waals surface area contributed by atoms with Crippen LogP contribution in [0.3, 0.4) is 0 Å².